The summed E-state index contributed by atoms with van der Waals surface area (Å²) in [5.74, 6) is 0. The van der Waals surface area contributed by atoms with E-state index in [0.717, 1.165) is 4.68 Å². The Bertz CT molecular complexity index is 1390. The molecule has 1 aliphatic heterocycles. The van der Waals surface area contributed by atoms with Gasteiger partial charge in [-0.05, 0) is 25.1 Å². The van der Waals surface area contributed by atoms with Gasteiger partial charge in [-0.3, -0.25) is 14.9 Å². The molecule has 0 atom stereocenters. The predicted molar refractivity (Wildman–Crippen MR) is 125 cm³/mol. The molecule has 1 saturated heterocycles. The number of aryl methyl sites for hydroxylation is 1. The maximum Gasteiger partial charge on any atom is 0.295 e. The van der Waals surface area contributed by atoms with Crippen molar-refractivity contribution >= 4 is 32.4 Å². The molecule has 1 aliphatic rings. The lowest BCUT2D eigenvalue weighted by molar-refractivity contribution is -0.384. The van der Waals surface area contributed by atoms with E-state index in [1.165, 1.54) is 28.8 Å². The van der Waals surface area contributed by atoms with Crippen molar-refractivity contribution in [2.75, 3.05) is 45.2 Å². The average Bonchev–Trinajstić information content (AvgIpc) is 2.81. The Hall–Kier alpha value is -3.35. The largest absolute Gasteiger partial charge is 0.369 e. The maximum absolute atomic E-state index is 13.1. The molecule has 0 unspecified atom stereocenters. The van der Waals surface area contributed by atoms with Crippen LogP contribution in [0, 0.1) is 17.0 Å². The van der Waals surface area contributed by atoms with Gasteiger partial charge in [-0.25, -0.2) is 0 Å². The number of rotatable bonds is 5. The van der Waals surface area contributed by atoms with Crippen LogP contribution in [0.25, 0.3) is 16.5 Å². The van der Waals surface area contributed by atoms with Gasteiger partial charge in [0.25, 0.3) is 21.5 Å². The Balaban J connectivity index is 1.75. The van der Waals surface area contributed by atoms with Gasteiger partial charge >= 0.3 is 0 Å². The summed E-state index contributed by atoms with van der Waals surface area (Å²) in [5.41, 5.74) is 0.610. The van der Waals surface area contributed by atoms with Gasteiger partial charge in [-0.1, -0.05) is 18.2 Å². The SMILES string of the molecule is Cc1nn(-c2cc(N3CCN(S(=O)(=O)N(C)C)CC3)ccc2[N+](=O)[O-])c(=O)c2ccccc12. The summed E-state index contributed by atoms with van der Waals surface area (Å²) in [6.45, 7) is 3.12. The zero-order valence-electron chi connectivity index (χ0n) is 18.5. The molecule has 0 spiro atoms. The Morgan fingerprint density at radius 1 is 1.03 bits per heavy atom. The first-order valence-corrected chi connectivity index (χ1v) is 11.7. The number of hydrogen-bond donors (Lipinski definition) is 0. The van der Waals surface area contributed by atoms with Crippen molar-refractivity contribution < 1.29 is 13.3 Å². The van der Waals surface area contributed by atoms with Crippen LogP contribution < -0.4 is 10.5 Å². The average molecular weight is 473 g/mol. The summed E-state index contributed by atoms with van der Waals surface area (Å²) in [7, 11) is -0.537. The van der Waals surface area contributed by atoms with Gasteiger partial charge in [0.15, 0.2) is 0 Å². The molecule has 0 N–H and O–H groups in total. The number of benzene rings is 2. The lowest BCUT2D eigenvalue weighted by Gasteiger charge is -2.36. The number of nitrogens with zero attached hydrogens (tertiary/aromatic N) is 6. The number of hydrogen-bond acceptors (Lipinski definition) is 7. The normalized spacial score (nSPS) is 15.3. The zero-order chi connectivity index (χ0) is 23.9. The van der Waals surface area contributed by atoms with Crippen molar-refractivity contribution in [2.45, 2.75) is 6.92 Å². The third-order valence-electron chi connectivity index (χ3n) is 5.77. The molecule has 12 heteroatoms. The highest BCUT2D eigenvalue weighted by atomic mass is 32.2. The van der Waals surface area contributed by atoms with E-state index in [1.807, 2.05) is 4.90 Å². The van der Waals surface area contributed by atoms with Gasteiger partial charge < -0.3 is 4.90 Å². The fourth-order valence-electron chi connectivity index (χ4n) is 3.95. The first-order valence-electron chi connectivity index (χ1n) is 10.3. The molecule has 0 radical (unpaired) electrons. The van der Waals surface area contributed by atoms with E-state index in [4.69, 9.17) is 0 Å². The van der Waals surface area contributed by atoms with Crippen LogP contribution in [0.3, 0.4) is 0 Å². The van der Waals surface area contributed by atoms with E-state index >= 15 is 0 Å². The lowest BCUT2D eigenvalue weighted by atomic mass is 10.1. The second kappa shape index (κ2) is 8.54. The van der Waals surface area contributed by atoms with E-state index in [2.05, 4.69) is 5.10 Å². The molecular weight excluding hydrogens is 448 g/mol. The third kappa shape index (κ3) is 4.08. The summed E-state index contributed by atoms with van der Waals surface area (Å²) in [6, 6.07) is 11.5. The predicted octanol–water partition coefficient (Wildman–Crippen LogP) is 1.53. The Morgan fingerprint density at radius 3 is 2.27 bits per heavy atom. The third-order valence-corrected chi connectivity index (χ3v) is 7.71. The van der Waals surface area contributed by atoms with Crippen molar-refractivity contribution in [3.63, 3.8) is 0 Å². The summed E-state index contributed by atoms with van der Waals surface area (Å²) in [6.07, 6.45) is 0. The van der Waals surface area contributed by atoms with Gasteiger partial charge in [0.2, 0.25) is 0 Å². The summed E-state index contributed by atoms with van der Waals surface area (Å²) >= 11 is 0. The molecule has 11 nitrogen and oxygen atoms in total. The fourth-order valence-corrected chi connectivity index (χ4v) is 5.04. The van der Waals surface area contributed by atoms with Crippen molar-refractivity contribution in [1.82, 2.24) is 18.4 Å². The van der Waals surface area contributed by atoms with Crippen LogP contribution in [0.4, 0.5) is 11.4 Å². The lowest BCUT2D eigenvalue weighted by Crippen LogP contribution is -2.51. The van der Waals surface area contributed by atoms with Crippen LogP contribution in [0.5, 0.6) is 0 Å². The molecule has 3 aromatic rings. The quantitative estimate of drug-likeness (QED) is 0.408. The molecule has 0 bridgehead atoms. The number of fused-ring (bicyclic) bond motifs is 1. The molecule has 33 heavy (non-hydrogen) atoms. The highest BCUT2D eigenvalue weighted by molar-refractivity contribution is 7.86. The van der Waals surface area contributed by atoms with Crippen LogP contribution in [0.15, 0.2) is 47.3 Å². The molecule has 0 saturated carbocycles. The van der Waals surface area contributed by atoms with E-state index in [-0.39, 0.29) is 24.5 Å². The van der Waals surface area contributed by atoms with Crippen LogP contribution in [0.2, 0.25) is 0 Å². The minimum atomic E-state index is -3.51. The van der Waals surface area contributed by atoms with E-state index < -0.39 is 20.7 Å². The Labute approximate surface area is 190 Å². The number of aromatic nitrogens is 2. The van der Waals surface area contributed by atoms with Gasteiger partial charge in [0, 0.05) is 57.4 Å². The second-order valence-electron chi connectivity index (χ2n) is 7.95. The van der Waals surface area contributed by atoms with Gasteiger partial charge in [0.05, 0.1) is 16.0 Å². The topological polar surface area (TPSA) is 122 Å². The number of piperazine rings is 1. The van der Waals surface area contributed by atoms with E-state index in [0.29, 0.717) is 35.2 Å². The number of nitro groups is 1. The maximum atomic E-state index is 13.1. The van der Waals surface area contributed by atoms with Gasteiger partial charge in [-0.15, -0.1) is 0 Å². The summed E-state index contributed by atoms with van der Waals surface area (Å²) in [5, 5.41) is 17.2. The van der Waals surface area contributed by atoms with Crippen molar-refractivity contribution in [3.8, 4) is 5.69 Å². The number of anilines is 1. The van der Waals surface area contributed by atoms with Crippen LogP contribution in [-0.4, -0.2) is 72.0 Å². The monoisotopic (exact) mass is 472 g/mol. The molecular formula is C21H24N6O5S. The minimum Gasteiger partial charge on any atom is -0.369 e. The van der Waals surface area contributed by atoms with E-state index in [9.17, 15) is 23.3 Å². The molecule has 4 rings (SSSR count). The highest BCUT2D eigenvalue weighted by Crippen LogP contribution is 2.29. The summed E-state index contributed by atoms with van der Waals surface area (Å²) in [4.78, 5) is 26.3. The van der Waals surface area contributed by atoms with Gasteiger partial charge in [0.1, 0.15) is 5.69 Å². The number of nitro benzene ring substituents is 1. The molecule has 0 aliphatic carbocycles. The Morgan fingerprint density at radius 2 is 1.67 bits per heavy atom. The minimum absolute atomic E-state index is 0.0692. The highest BCUT2D eigenvalue weighted by Gasteiger charge is 2.29. The zero-order valence-corrected chi connectivity index (χ0v) is 19.3. The van der Waals surface area contributed by atoms with Crippen LogP contribution in [-0.2, 0) is 10.2 Å². The second-order valence-corrected chi connectivity index (χ2v) is 10.1. The molecule has 1 fully saturated rings. The first kappa shape index (κ1) is 22.8. The molecule has 2 aromatic carbocycles. The fraction of sp³-hybridized carbons (Fsp3) is 0.333. The smallest absolute Gasteiger partial charge is 0.295 e. The molecule has 1 aromatic heterocycles. The molecule has 174 valence electrons. The van der Waals surface area contributed by atoms with Crippen molar-refractivity contribution in [1.29, 1.82) is 0 Å². The van der Waals surface area contributed by atoms with Crippen molar-refractivity contribution in [3.05, 3.63) is 68.6 Å². The standard InChI is InChI=1S/C21H24N6O5S/c1-15-17-6-4-5-7-18(17)21(28)26(22-15)20-14-16(8-9-19(20)27(29)30)24-10-12-25(13-11-24)33(31,32)23(2)3/h4-9,14H,10-13H2,1-3H3. The molecule has 0 amide bonds. The summed E-state index contributed by atoms with van der Waals surface area (Å²) < 4.78 is 28.4. The van der Waals surface area contributed by atoms with Crippen molar-refractivity contribution in [2.24, 2.45) is 0 Å². The van der Waals surface area contributed by atoms with Gasteiger partial charge in [-0.2, -0.15) is 26.8 Å². The first-order chi connectivity index (χ1) is 15.6. The molecule has 2 heterocycles. The van der Waals surface area contributed by atoms with E-state index in [1.54, 1.807) is 43.3 Å². The Kier molecular flexibility index (Phi) is 5.91. The van der Waals surface area contributed by atoms with Crippen LogP contribution in [0.1, 0.15) is 5.69 Å². The van der Waals surface area contributed by atoms with Crippen LogP contribution >= 0.6 is 0 Å².